The predicted octanol–water partition coefficient (Wildman–Crippen LogP) is 0.0177. The second kappa shape index (κ2) is 6.59. The van der Waals surface area contributed by atoms with Crippen LogP contribution in [0.25, 0.3) is 0 Å². The van der Waals surface area contributed by atoms with Gasteiger partial charge in [-0.05, 0) is 12.0 Å². The number of rotatable bonds is 4. The smallest absolute Gasteiger partial charge is 0.239 e. The van der Waals surface area contributed by atoms with Crippen LogP contribution in [0.3, 0.4) is 0 Å². The van der Waals surface area contributed by atoms with Crippen LogP contribution in [0.15, 0.2) is 30.3 Å². The van der Waals surface area contributed by atoms with Crippen LogP contribution in [-0.2, 0) is 14.6 Å². The monoisotopic (exact) mass is 337 g/mol. The van der Waals surface area contributed by atoms with Crippen LogP contribution < -0.4 is 5.73 Å². The number of benzene rings is 1. The van der Waals surface area contributed by atoms with Crippen LogP contribution in [0.1, 0.15) is 18.0 Å². The molecule has 1 aromatic rings. The van der Waals surface area contributed by atoms with Gasteiger partial charge >= 0.3 is 0 Å². The second-order valence-corrected chi connectivity index (χ2v) is 8.57. The number of primary amides is 1. The summed E-state index contributed by atoms with van der Waals surface area (Å²) in [7, 11) is -2.86. The summed E-state index contributed by atoms with van der Waals surface area (Å²) in [5.41, 5.74) is 6.53. The minimum atomic E-state index is -2.86. The van der Waals surface area contributed by atoms with E-state index in [1.54, 1.807) is 0 Å². The number of nitrogens with zero attached hydrogens (tertiary/aromatic N) is 2. The number of carbonyl (C=O) groups excluding carboxylic acids is 1. The van der Waals surface area contributed by atoms with Crippen molar-refractivity contribution >= 4 is 15.7 Å². The van der Waals surface area contributed by atoms with Gasteiger partial charge in [0.1, 0.15) is 6.04 Å². The first-order valence-corrected chi connectivity index (χ1v) is 9.81. The first-order valence-electron chi connectivity index (χ1n) is 7.99. The van der Waals surface area contributed by atoms with Crippen LogP contribution in [0.2, 0.25) is 0 Å². The van der Waals surface area contributed by atoms with Gasteiger partial charge in [-0.15, -0.1) is 0 Å². The molecule has 126 valence electrons. The summed E-state index contributed by atoms with van der Waals surface area (Å²) in [4.78, 5) is 16.2. The van der Waals surface area contributed by atoms with Crippen molar-refractivity contribution in [3.8, 4) is 0 Å². The first kappa shape index (κ1) is 16.4. The zero-order valence-electron chi connectivity index (χ0n) is 13.1. The molecule has 1 aromatic carbocycles. The Morgan fingerprint density at radius 3 is 2.30 bits per heavy atom. The molecule has 1 amide bonds. The Kier molecular flexibility index (Phi) is 4.70. The predicted molar refractivity (Wildman–Crippen MR) is 88.6 cm³/mol. The molecule has 0 unspecified atom stereocenters. The molecular weight excluding hydrogens is 314 g/mol. The zero-order chi connectivity index (χ0) is 16.4. The molecular formula is C16H23N3O3S. The summed E-state index contributed by atoms with van der Waals surface area (Å²) < 4.78 is 23.3. The van der Waals surface area contributed by atoms with Crippen molar-refractivity contribution in [1.29, 1.82) is 0 Å². The van der Waals surface area contributed by atoms with E-state index in [2.05, 4.69) is 9.80 Å². The molecule has 23 heavy (non-hydrogen) atoms. The van der Waals surface area contributed by atoms with Crippen molar-refractivity contribution in [2.24, 2.45) is 5.73 Å². The molecule has 0 aliphatic carbocycles. The number of piperazine rings is 1. The Labute approximate surface area is 137 Å². The fourth-order valence-electron chi connectivity index (χ4n) is 3.61. The standard InChI is InChI=1S/C16H23N3O3S/c17-16(20)15(13-4-2-1-3-5-13)19-9-7-18(8-10-19)14-6-11-23(21,22)12-14/h1-5,14-15H,6-12H2,(H2,17,20)/t14-,15-/m1/s1. The SMILES string of the molecule is NC(=O)[C@@H](c1ccccc1)N1CCN([C@@H]2CCS(=O)(=O)C2)CC1. The van der Waals surface area contributed by atoms with Crippen molar-refractivity contribution in [1.82, 2.24) is 9.80 Å². The highest BCUT2D eigenvalue weighted by Crippen LogP contribution is 2.24. The maximum atomic E-state index is 11.9. The third kappa shape index (κ3) is 3.73. The van der Waals surface area contributed by atoms with Gasteiger partial charge in [0.2, 0.25) is 5.91 Å². The molecule has 2 aliphatic rings. The van der Waals surface area contributed by atoms with Gasteiger partial charge in [-0.3, -0.25) is 14.6 Å². The van der Waals surface area contributed by atoms with E-state index < -0.39 is 15.9 Å². The van der Waals surface area contributed by atoms with Crippen molar-refractivity contribution in [3.63, 3.8) is 0 Å². The molecule has 0 radical (unpaired) electrons. The minimum absolute atomic E-state index is 0.130. The van der Waals surface area contributed by atoms with Crippen molar-refractivity contribution in [2.45, 2.75) is 18.5 Å². The van der Waals surface area contributed by atoms with Gasteiger partial charge in [0.15, 0.2) is 9.84 Å². The van der Waals surface area contributed by atoms with Gasteiger partial charge in [0, 0.05) is 32.2 Å². The topological polar surface area (TPSA) is 83.7 Å². The molecule has 2 fully saturated rings. The van der Waals surface area contributed by atoms with Gasteiger partial charge < -0.3 is 5.73 Å². The third-order valence-corrected chi connectivity index (χ3v) is 6.57. The van der Waals surface area contributed by atoms with E-state index in [4.69, 9.17) is 5.73 Å². The largest absolute Gasteiger partial charge is 0.368 e. The maximum Gasteiger partial charge on any atom is 0.239 e. The van der Waals surface area contributed by atoms with Crippen molar-refractivity contribution in [3.05, 3.63) is 35.9 Å². The van der Waals surface area contributed by atoms with Crippen LogP contribution in [-0.4, -0.2) is 67.9 Å². The Morgan fingerprint density at radius 2 is 1.78 bits per heavy atom. The van der Waals surface area contributed by atoms with E-state index in [1.807, 2.05) is 30.3 Å². The quantitative estimate of drug-likeness (QED) is 0.837. The molecule has 7 heteroatoms. The van der Waals surface area contributed by atoms with Crippen molar-refractivity contribution in [2.75, 3.05) is 37.7 Å². The Morgan fingerprint density at radius 1 is 1.13 bits per heavy atom. The normalized spacial score (nSPS) is 26.9. The average molecular weight is 337 g/mol. The average Bonchev–Trinajstić information content (AvgIpc) is 2.89. The summed E-state index contributed by atoms with van der Waals surface area (Å²) >= 11 is 0. The van der Waals surface area contributed by atoms with Gasteiger partial charge in [-0.2, -0.15) is 0 Å². The van der Waals surface area contributed by atoms with Gasteiger partial charge in [-0.1, -0.05) is 30.3 Å². The van der Waals surface area contributed by atoms with Gasteiger partial charge in [0.25, 0.3) is 0 Å². The van der Waals surface area contributed by atoms with E-state index in [0.717, 1.165) is 38.2 Å². The number of nitrogens with two attached hydrogens (primary N) is 1. The molecule has 0 saturated carbocycles. The summed E-state index contributed by atoms with van der Waals surface area (Å²) in [5, 5.41) is 0. The highest BCUT2D eigenvalue weighted by atomic mass is 32.2. The molecule has 2 heterocycles. The van der Waals surface area contributed by atoms with Gasteiger partial charge in [-0.25, -0.2) is 8.42 Å². The van der Waals surface area contributed by atoms with E-state index in [-0.39, 0.29) is 17.7 Å². The number of amides is 1. The summed E-state index contributed by atoms with van der Waals surface area (Å²) in [6.07, 6.45) is 0.722. The zero-order valence-corrected chi connectivity index (χ0v) is 13.9. The van der Waals surface area contributed by atoms with E-state index in [0.29, 0.717) is 5.75 Å². The Bertz CT molecular complexity index is 654. The highest BCUT2D eigenvalue weighted by Gasteiger charge is 2.35. The lowest BCUT2D eigenvalue weighted by Gasteiger charge is -2.40. The molecule has 2 N–H and O–H groups in total. The maximum absolute atomic E-state index is 11.9. The molecule has 2 saturated heterocycles. The molecule has 6 nitrogen and oxygen atoms in total. The molecule has 2 aliphatic heterocycles. The number of sulfone groups is 1. The van der Waals surface area contributed by atoms with E-state index in [1.165, 1.54) is 0 Å². The lowest BCUT2D eigenvalue weighted by Crippen LogP contribution is -2.53. The minimum Gasteiger partial charge on any atom is -0.368 e. The number of carbonyl (C=O) groups is 1. The Hall–Kier alpha value is -1.44. The summed E-state index contributed by atoms with van der Waals surface area (Å²) in [5.74, 6) is 0.226. The van der Waals surface area contributed by atoms with Crippen LogP contribution in [0.4, 0.5) is 0 Å². The third-order valence-electron chi connectivity index (χ3n) is 4.82. The summed E-state index contributed by atoms with van der Waals surface area (Å²) in [6.45, 7) is 2.99. The number of hydrogen-bond acceptors (Lipinski definition) is 5. The Balaban J connectivity index is 1.64. The lowest BCUT2D eigenvalue weighted by atomic mass is 10.0. The summed E-state index contributed by atoms with van der Waals surface area (Å²) in [6, 6.07) is 9.29. The fourth-order valence-corrected chi connectivity index (χ4v) is 5.38. The van der Waals surface area contributed by atoms with Crippen LogP contribution >= 0.6 is 0 Å². The van der Waals surface area contributed by atoms with E-state index >= 15 is 0 Å². The molecule has 0 spiro atoms. The molecule has 2 atom stereocenters. The lowest BCUT2D eigenvalue weighted by molar-refractivity contribution is -0.124. The van der Waals surface area contributed by atoms with Crippen LogP contribution in [0.5, 0.6) is 0 Å². The van der Waals surface area contributed by atoms with Crippen LogP contribution in [0, 0.1) is 0 Å². The number of hydrogen-bond donors (Lipinski definition) is 1. The van der Waals surface area contributed by atoms with Gasteiger partial charge in [0.05, 0.1) is 11.5 Å². The fraction of sp³-hybridized carbons (Fsp3) is 0.562. The molecule has 0 bridgehead atoms. The van der Waals surface area contributed by atoms with E-state index in [9.17, 15) is 13.2 Å². The molecule has 0 aromatic heterocycles. The first-order chi connectivity index (χ1) is 11.0. The molecule has 3 rings (SSSR count). The second-order valence-electron chi connectivity index (χ2n) is 6.34. The van der Waals surface area contributed by atoms with Crippen molar-refractivity contribution < 1.29 is 13.2 Å². The highest BCUT2D eigenvalue weighted by molar-refractivity contribution is 7.91.